The Kier molecular flexibility index (Phi) is 6.83. The van der Waals surface area contributed by atoms with Crippen molar-refractivity contribution >= 4 is 40.6 Å². The van der Waals surface area contributed by atoms with Crippen LogP contribution in [0.25, 0.3) is 11.3 Å². The minimum Gasteiger partial charge on any atom is -0.507 e. The standard InChI is InChI=1S/C24H23ClFN5O3/c25-15-2-5-19(14(7-15)11-26)29-16-3-6-21(32)18(8-16)20-4-1-13(24(27)31-20)12-28-22(33)9-17-10-23(34)30-17/h1-8,17,29,32H,9-12H2,(H2,27,31)(H,28,33)(H,30,34). The molecule has 0 bridgehead atoms. The first-order chi connectivity index (χ1) is 16.3. The van der Waals surface area contributed by atoms with E-state index < -0.39 is 6.67 Å². The number of hydrogen-bond donors (Lipinski definition) is 5. The van der Waals surface area contributed by atoms with Gasteiger partial charge < -0.3 is 26.8 Å². The van der Waals surface area contributed by atoms with Gasteiger partial charge in [0.05, 0.1) is 5.69 Å². The molecule has 1 aromatic heterocycles. The Balaban J connectivity index is 1.47. The molecule has 176 valence electrons. The van der Waals surface area contributed by atoms with Gasteiger partial charge in [-0.3, -0.25) is 9.59 Å². The molecule has 10 heteroatoms. The first kappa shape index (κ1) is 23.3. The number of carbonyl (C=O) groups excluding carboxylic acids is 2. The van der Waals surface area contributed by atoms with Crippen molar-refractivity contribution in [3.63, 3.8) is 0 Å². The number of phenols is 1. The molecule has 1 aliphatic heterocycles. The number of amides is 2. The summed E-state index contributed by atoms with van der Waals surface area (Å²) in [7, 11) is 0. The summed E-state index contributed by atoms with van der Waals surface area (Å²) in [6, 6.07) is 13.0. The molecule has 3 aromatic rings. The lowest BCUT2D eigenvalue weighted by molar-refractivity contribution is -0.130. The minimum absolute atomic E-state index is 0.00266. The number of β-lactam (4-membered cyclic amide) rings is 1. The molecule has 2 aromatic carbocycles. The Labute approximate surface area is 200 Å². The summed E-state index contributed by atoms with van der Waals surface area (Å²) in [5.74, 6) is -0.0343. The summed E-state index contributed by atoms with van der Waals surface area (Å²) in [6.45, 7) is -0.492. The van der Waals surface area contributed by atoms with Crippen LogP contribution in [0.4, 0.5) is 21.6 Å². The molecule has 1 aliphatic rings. The van der Waals surface area contributed by atoms with Gasteiger partial charge in [-0.2, -0.15) is 0 Å². The van der Waals surface area contributed by atoms with E-state index >= 15 is 0 Å². The summed E-state index contributed by atoms with van der Waals surface area (Å²) in [4.78, 5) is 27.3. The van der Waals surface area contributed by atoms with Crippen LogP contribution in [0.5, 0.6) is 5.75 Å². The van der Waals surface area contributed by atoms with Gasteiger partial charge in [-0.05, 0) is 42.5 Å². The number of aromatic hydroxyl groups is 1. The number of phenolic OH excluding ortho intramolecular Hbond substituents is 1. The zero-order chi connectivity index (χ0) is 24.2. The van der Waals surface area contributed by atoms with E-state index in [4.69, 9.17) is 17.3 Å². The maximum Gasteiger partial charge on any atom is 0.222 e. The molecule has 8 nitrogen and oxygen atoms in total. The van der Waals surface area contributed by atoms with Crippen molar-refractivity contribution in [1.82, 2.24) is 15.6 Å². The number of nitrogens with zero attached hydrogens (tertiary/aromatic N) is 1. The Morgan fingerprint density at radius 3 is 2.71 bits per heavy atom. The number of alkyl halides is 1. The normalized spacial score (nSPS) is 14.8. The Morgan fingerprint density at radius 1 is 1.21 bits per heavy atom. The van der Waals surface area contributed by atoms with E-state index in [0.29, 0.717) is 45.2 Å². The van der Waals surface area contributed by atoms with Crippen molar-refractivity contribution in [3.8, 4) is 17.0 Å². The van der Waals surface area contributed by atoms with Crippen molar-refractivity contribution in [2.24, 2.45) is 0 Å². The van der Waals surface area contributed by atoms with Gasteiger partial charge in [-0.15, -0.1) is 0 Å². The molecule has 0 aliphatic carbocycles. The van der Waals surface area contributed by atoms with Crippen molar-refractivity contribution in [2.45, 2.75) is 32.1 Å². The molecular weight excluding hydrogens is 461 g/mol. The summed E-state index contributed by atoms with van der Waals surface area (Å²) >= 11 is 5.94. The van der Waals surface area contributed by atoms with Crippen molar-refractivity contribution in [3.05, 3.63) is 64.7 Å². The van der Waals surface area contributed by atoms with Gasteiger partial charge in [0.15, 0.2) is 0 Å². The molecule has 2 amide bonds. The average molecular weight is 484 g/mol. The Hall–Kier alpha value is -3.85. The second kappa shape index (κ2) is 9.96. The van der Waals surface area contributed by atoms with E-state index in [9.17, 15) is 19.1 Å². The molecule has 2 heterocycles. The third kappa shape index (κ3) is 5.37. The smallest absolute Gasteiger partial charge is 0.222 e. The van der Waals surface area contributed by atoms with Crippen LogP contribution in [-0.2, 0) is 22.8 Å². The lowest BCUT2D eigenvalue weighted by Gasteiger charge is -2.26. The Morgan fingerprint density at radius 2 is 2.00 bits per heavy atom. The van der Waals surface area contributed by atoms with Gasteiger partial charge in [0.1, 0.15) is 18.2 Å². The predicted molar refractivity (Wildman–Crippen MR) is 128 cm³/mol. The summed E-state index contributed by atoms with van der Waals surface area (Å²) in [5, 5.41) is 19.4. The van der Waals surface area contributed by atoms with Crippen molar-refractivity contribution < 1.29 is 19.1 Å². The summed E-state index contributed by atoms with van der Waals surface area (Å²) in [6.07, 6.45) is 0.568. The molecular formula is C24H23ClFN5O3. The maximum atomic E-state index is 13.4. The lowest BCUT2D eigenvalue weighted by Crippen LogP contribution is -2.50. The SMILES string of the molecule is Nc1nc(-c2cc(Nc3ccc(Cl)cc3CF)ccc2O)ccc1CNC(=O)CC1CC(=O)N1. The highest BCUT2D eigenvalue weighted by molar-refractivity contribution is 6.30. The first-order valence-corrected chi connectivity index (χ1v) is 11.0. The van der Waals surface area contributed by atoms with Gasteiger partial charge in [-0.1, -0.05) is 17.7 Å². The highest BCUT2D eigenvalue weighted by atomic mass is 35.5. The fourth-order valence-corrected chi connectivity index (χ4v) is 3.81. The fourth-order valence-electron chi connectivity index (χ4n) is 3.62. The minimum atomic E-state index is -0.681. The number of nitrogens with one attached hydrogen (secondary N) is 3. The van der Waals surface area contributed by atoms with E-state index in [2.05, 4.69) is 20.9 Å². The predicted octanol–water partition coefficient (Wildman–Crippen LogP) is 3.80. The highest BCUT2D eigenvalue weighted by Gasteiger charge is 2.27. The molecule has 6 N–H and O–H groups in total. The number of halogens is 2. The number of rotatable bonds is 8. The van der Waals surface area contributed by atoms with E-state index in [1.807, 2.05) is 0 Å². The number of carbonyl (C=O) groups is 2. The number of hydrogen-bond acceptors (Lipinski definition) is 6. The van der Waals surface area contributed by atoms with Gasteiger partial charge in [-0.25, -0.2) is 9.37 Å². The summed E-state index contributed by atoms with van der Waals surface area (Å²) < 4.78 is 13.4. The second-order valence-corrected chi connectivity index (χ2v) is 8.42. The van der Waals surface area contributed by atoms with Crippen LogP contribution in [0, 0.1) is 0 Å². The first-order valence-electron chi connectivity index (χ1n) is 10.6. The fraction of sp³-hybridized carbons (Fsp3) is 0.208. The third-order valence-corrected chi connectivity index (χ3v) is 5.71. The van der Waals surface area contributed by atoms with Crippen molar-refractivity contribution in [2.75, 3.05) is 11.1 Å². The van der Waals surface area contributed by atoms with Gasteiger partial charge in [0, 0.05) is 58.5 Å². The topological polar surface area (TPSA) is 129 Å². The van der Waals surface area contributed by atoms with E-state index in [-0.39, 0.29) is 42.4 Å². The quantitative estimate of drug-likeness (QED) is 0.245. The van der Waals surface area contributed by atoms with E-state index in [1.165, 1.54) is 6.07 Å². The monoisotopic (exact) mass is 483 g/mol. The number of nitrogen functional groups attached to an aromatic ring is 1. The number of nitrogens with two attached hydrogens (primary N) is 1. The molecule has 1 saturated heterocycles. The number of benzene rings is 2. The molecule has 1 unspecified atom stereocenters. The molecule has 1 atom stereocenters. The van der Waals surface area contributed by atoms with Crippen LogP contribution in [0.2, 0.25) is 5.02 Å². The van der Waals surface area contributed by atoms with Crippen LogP contribution in [0.3, 0.4) is 0 Å². The van der Waals surface area contributed by atoms with Gasteiger partial charge >= 0.3 is 0 Å². The zero-order valence-electron chi connectivity index (χ0n) is 18.1. The number of anilines is 3. The van der Waals surface area contributed by atoms with E-state index in [0.717, 1.165) is 0 Å². The molecule has 34 heavy (non-hydrogen) atoms. The van der Waals surface area contributed by atoms with Crippen LogP contribution in [-0.4, -0.2) is 27.9 Å². The number of pyridine rings is 1. The Bertz CT molecular complexity index is 1250. The number of aromatic nitrogens is 1. The second-order valence-electron chi connectivity index (χ2n) is 7.98. The molecule has 0 spiro atoms. The zero-order valence-corrected chi connectivity index (χ0v) is 18.8. The van der Waals surface area contributed by atoms with Gasteiger partial charge in [0.25, 0.3) is 0 Å². The highest BCUT2D eigenvalue weighted by Crippen LogP contribution is 2.33. The maximum absolute atomic E-state index is 13.4. The summed E-state index contributed by atoms with van der Waals surface area (Å²) in [5.41, 5.74) is 9.18. The van der Waals surface area contributed by atoms with Crippen LogP contribution >= 0.6 is 11.6 Å². The molecule has 4 rings (SSSR count). The lowest BCUT2D eigenvalue weighted by atomic mass is 10.0. The molecule has 0 radical (unpaired) electrons. The van der Waals surface area contributed by atoms with Crippen LogP contribution < -0.4 is 21.7 Å². The van der Waals surface area contributed by atoms with Crippen LogP contribution in [0.1, 0.15) is 24.0 Å². The molecule has 1 fully saturated rings. The van der Waals surface area contributed by atoms with Gasteiger partial charge in [0.2, 0.25) is 11.8 Å². The average Bonchev–Trinajstić information content (AvgIpc) is 2.79. The molecule has 0 saturated carbocycles. The largest absolute Gasteiger partial charge is 0.507 e. The van der Waals surface area contributed by atoms with Crippen molar-refractivity contribution in [1.29, 1.82) is 0 Å². The third-order valence-electron chi connectivity index (χ3n) is 5.48. The van der Waals surface area contributed by atoms with Crippen LogP contribution in [0.15, 0.2) is 48.5 Å². The van der Waals surface area contributed by atoms with E-state index in [1.54, 1.807) is 42.5 Å².